The molecule has 1 aromatic rings. The van der Waals surface area contributed by atoms with Crippen molar-refractivity contribution in [1.82, 2.24) is 9.78 Å². The predicted octanol–water partition coefficient (Wildman–Crippen LogP) is 0.830. The van der Waals surface area contributed by atoms with E-state index < -0.39 is 0 Å². The first kappa shape index (κ1) is 10.1. The summed E-state index contributed by atoms with van der Waals surface area (Å²) in [6.07, 6.45) is -0.334. The van der Waals surface area contributed by atoms with Crippen molar-refractivity contribution in [2.45, 2.75) is 26.9 Å². The van der Waals surface area contributed by atoms with E-state index >= 15 is 0 Å². The molecule has 0 amide bonds. The number of aliphatic hydroxyl groups excluding tert-OH is 1. The molecule has 1 atom stereocenters. The van der Waals surface area contributed by atoms with Gasteiger partial charge in [-0.15, -0.1) is 0 Å². The van der Waals surface area contributed by atoms with Crippen molar-refractivity contribution in [3.63, 3.8) is 0 Å². The van der Waals surface area contributed by atoms with Gasteiger partial charge in [0.1, 0.15) is 0 Å². The Morgan fingerprint density at radius 1 is 1.54 bits per heavy atom. The first-order valence-corrected chi connectivity index (χ1v) is 4.44. The first-order valence-electron chi connectivity index (χ1n) is 4.44. The monoisotopic (exact) mass is 183 g/mol. The Labute approximate surface area is 78.6 Å². The van der Waals surface area contributed by atoms with Gasteiger partial charge in [0.2, 0.25) is 0 Å². The van der Waals surface area contributed by atoms with Gasteiger partial charge in [-0.1, -0.05) is 0 Å². The molecule has 13 heavy (non-hydrogen) atoms. The zero-order valence-corrected chi connectivity index (χ0v) is 8.63. The van der Waals surface area contributed by atoms with Crippen LogP contribution < -0.4 is 5.32 Å². The van der Waals surface area contributed by atoms with E-state index in [1.54, 1.807) is 6.92 Å². The number of aryl methyl sites for hydroxylation is 2. The van der Waals surface area contributed by atoms with E-state index in [-0.39, 0.29) is 6.10 Å². The molecular formula is C9H17N3O. The van der Waals surface area contributed by atoms with Gasteiger partial charge in [0.15, 0.2) is 0 Å². The minimum absolute atomic E-state index is 0.334. The molecule has 0 radical (unpaired) electrons. The Morgan fingerprint density at radius 2 is 2.15 bits per heavy atom. The number of nitrogens with one attached hydrogen (secondary N) is 1. The van der Waals surface area contributed by atoms with Crippen molar-refractivity contribution >= 4 is 5.69 Å². The topological polar surface area (TPSA) is 50.1 Å². The molecule has 1 heterocycles. The number of anilines is 1. The van der Waals surface area contributed by atoms with Crippen LogP contribution in [0.25, 0.3) is 0 Å². The average molecular weight is 183 g/mol. The maximum Gasteiger partial charge on any atom is 0.0827 e. The summed E-state index contributed by atoms with van der Waals surface area (Å²) in [6, 6.07) is 0. The van der Waals surface area contributed by atoms with Gasteiger partial charge >= 0.3 is 0 Å². The zero-order chi connectivity index (χ0) is 10.0. The van der Waals surface area contributed by atoms with Crippen LogP contribution in [0.4, 0.5) is 5.69 Å². The second-order valence-corrected chi connectivity index (χ2v) is 3.40. The minimum Gasteiger partial charge on any atom is -0.392 e. The van der Waals surface area contributed by atoms with Crippen LogP contribution in [0.3, 0.4) is 0 Å². The van der Waals surface area contributed by atoms with Crippen molar-refractivity contribution in [3.05, 3.63) is 11.4 Å². The van der Waals surface area contributed by atoms with Crippen LogP contribution in [-0.2, 0) is 7.05 Å². The van der Waals surface area contributed by atoms with Crippen LogP contribution >= 0.6 is 0 Å². The van der Waals surface area contributed by atoms with Crippen LogP contribution in [0.5, 0.6) is 0 Å². The van der Waals surface area contributed by atoms with E-state index in [0.29, 0.717) is 6.54 Å². The highest BCUT2D eigenvalue weighted by molar-refractivity contribution is 5.51. The quantitative estimate of drug-likeness (QED) is 0.729. The Balaban J connectivity index is 2.76. The van der Waals surface area contributed by atoms with Gasteiger partial charge in [-0.2, -0.15) is 5.10 Å². The summed E-state index contributed by atoms with van der Waals surface area (Å²) in [4.78, 5) is 0. The van der Waals surface area contributed by atoms with Crippen LogP contribution in [0.1, 0.15) is 18.3 Å². The highest BCUT2D eigenvalue weighted by atomic mass is 16.3. The summed E-state index contributed by atoms with van der Waals surface area (Å²) < 4.78 is 1.83. The van der Waals surface area contributed by atoms with Crippen molar-refractivity contribution < 1.29 is 5.11 Å². The van der Waals surface area contributed by atoms with Gasteiger partial charge < -0.3 is 10.4 Å². The molecule has 1 rings (SSSR count). The largest absolute Gasteiger partial charge is 0.392 e. The van der Waals surface area contributed by atoms with Crippen LogP contribution in [0.2, 0.25) is 0 Å². The molecule has 0 spiro atoms. The summed E-state index contributed by atoms with van der Waals surface area (Å²) in [5.74, 6) is 0. The fraction of sp³-hybridized carbons (Fsp3) is 0.667. The Bertz CT molecular complexity index is 291. The lowest BCUT2D eigenvalue weighted by Gasteiger charge is -2.08. The van der Waals surface area contributed by atoms with Gasteiger partial charge in [0, 0.05) is 13.6 Å². The van der Waals surface area contributed by atoms with Gasteiger partial charge in [-0.25, -0.2) is 0 Å². The molecule has 0 saturated carbocycles. The number of rotatable bonds is 3. The predicted molar refractivity (Wildman–Crippen MR) is 52.9 cm³/mol. The number of hydrogen-bond acceptors (Lipinski definition) is 3. The number of nitrogens with zero attached hydrogens (tertiary/aromatic N) is 2. The number of hydrogen-bond donors (Lipinski definition) is 2. The van der Waals surface area contributed by atoms with E-state index in [1.807, 2.05) is 25.6 Å². The van der Waals surface area contributed by atoms with E-state index in [0.717, 1.165) is 17.1 Å². The first-order chi connectivity index (χ1) is 6.02. The summed E-state index contributed by atoms with van der Waals surface area (Å²) in [7, 11) is 1.91. The van der Waals surface area contributed by atoms with E-state index in [9.17, 15) is 0 Å². The Kier molecular flexibility index (Phi) is 2.93. The summed E-state index contributed by atoms with van der Waals surface area (Å²) in [5, 5.41) is 16.5. The van der Waals surface area contributed by atoms with Crippen LogP contribution in [0, 0.1) is 13.8 Å². The maximum absolute atomic E-state index is 9.11. The summed E-state index contributed by atoms with van der Waals surface area (Å²) in [5.41, 5.74) is 3.10. The second kappa shape index (κ2) is 3.79. The standard InChI is InChI=1S/C9H17N3O/c1-6(13)5-10-9-7(2)11-12(4)8(9)3/h6,10,13H,5H2,1-4H3/t6-/m0/s1. The highest BCUT2D eigenvalue weighted by Gasteiger charge is 2.08. The average Bonchev–Trinajstić information content (AvgIpc) is 2.24. The molecule has 0 bridgehead atoms. The molecule has 0 aliphatic carbocycles. The molecule has 4 nitrogen and oxygen atoms in total. The van der Waals surface area contributed by atoms with Gasteiger partial charge in [0.25, 0.3) is 0 Å². The third-order valence-corrected chi connectivity index (χ3v) is 2.08. The molecule has 0 saturated heterocycles. The van der Waals surface area contributed by atoms with E-state index in [2.05, 4.69) is 10.4 Å². The molecule has 2 N–H and O–H groups in total. The lowest BCUT2D eigenvalue weighted by Crippen LogP contribution is -2.16. The maximum atomic E-state index is 9.11. The van der Waals surface area contributed by atoms with Crippen molar-refractivity contribution in [3.8, 4) is 0 Å². The molecule has 0 aliphatic rings. The van der Waals surface area contributed by atoms with E-state index in [4.69, 9.17) is 5.11 Å². The Hall–Kier alpha value is -1.03. The van der Waals surface area contributed by atoms with Crippen molar-refractivity contribution in [2.24, 2.45) is 7.05 Å². The molecule has 1 aromatic heterocycles. The van der Waals surface area contributed by atoms with Crippen LogP contribution in [0.15, 0.2) is 0 Å². The zero-order valence-electron chi connectivity index (χ0n) is 8.63. The van der Waals surface area contributed by atoms with Gasteiger partial charge in [0.05, 0.1) is 23.2 Å². The Morgan fingerprint density at radius 3 is 2.54 bits per heavy atom. The normalized spacial score (nSPS) is 13.0. The molecule has 4 heteroatoms. The van der Waals surface area contributed by atoms with Crippen molar-refractivity contribution in [2.75, 3.05) is 11.9 Å². The fourth-order valence-corrected chi connectivity index (χ4v) is 1.28. The molecule has 0 fully saturated rings. The molecule has 0 aliphatic heterocycles. The van der Waals surface area contributed by atoms with Crippen LogP contribution in [-0.4, -0.2) is 27.5 Å². The third-order valence-electron chi connectivity index (χ3n) is 2.08. The van der Waals surface area contributed by atoms with Gasteiger partial charge in [-0.05, 0) is 20.8 Å². The molecule has 74 valence electrons. The lowest BCUT2D eigenvalue weighted by atomic mass is 10.3. The number of aliphatic hydroxyl groups is 1. The van der Waals surface area contributed by atoms with Crippen molar-refractivity contribution in [1.29, 1.82) is 0 Å². The molecule has 0 aromatic carbocycles. The highest BCUT2D eigenvalue weighted by Crippen LogP contribution is 2.17. The molecular weight excluding hydrogens is 166 g/mol. The smallest absolute Gasteiger partial charge is 0.0827 e. The summed E-state index contributed by atoms with van der Waals surface area (Å²) >= 11 is 0. The number of aromatic nitrogens is 2. The lowest BCUT2D eigenvalue weighted by molar-refractivity contribution is 0.208. The van der Waals surface area contributed by atoms with Gasteiger partial charge in [-0.3, -0.25) is 4.68 Å². The third kappa shape index (κ3) is 2.21. The molecule has 0 unspecified atom stereocenters. The summed E-state index contributed by atoms with van der Waals surface area (Å²) in [6.45, 7) is 6.28. The second-order valence-electron chi connectivity index (χ2n) is 3.40. The van der Waals surface area contributed by atoms with E-state index in [1.165, 1.54) is 0 Å². The minimum atomic E-state index is -0.334. The fourth-order valence-electron chi connectivity index (χ4n) is 1.28. The SMILES string of the molecule is Cc1nn(C)c(C)c1NC[C@H](C)O.